The molecule has 1 aromatic rings. The van der Waals surface area contributed by atoms with Crippen molar-refractivity contribution in [1.82, 2.24) is 15.6 Å². The average molecular weight is 410 g/mol. The molecule has 2 N–H and O–H groups in total. The minimum absolute atomic E-state index is 0.0364. The number of hydrogen-bond acceptors (Lipinski definition) is 6. The fourth-order valence-electron chi connectivity index (χ4n) is 2.65. The molecule has 2 atom stereocenters. The Hall–Kier alpha value is -2.09. The Labute approximate surface area is 171 Å². The summed E-state index contributed by atoms with van der Waals surface area (Å²) in [5, 5.41) is 6.10. The van der Waals surface area contributed by atoms with E-state index in [0.29, 0.717) is 5.03 Å². The summed E-state index contributed by atoms with van der Waals surface area (Å²) in [7, 11) is 0. The Morgan fingerprint density at radius 1 is 1.07 bits per heavy atom. The van der Waals surface area contributed by atoms with Crippen molar-refractivity contribution >= 4 is 29.5 Å². The van der Waals surface area contributed by atoms with Gasteiger partial charge in [0.1, 0.15) is 5.03 Å². The minimum atomic E-state index is -0.631. The van der Waals surface area contributed by atoms with Gasteiger partial charge in [-0.3, -0.25) is 9.59 Å². The van der Waals surface area contributed by atoms with Gasteiger partial charge in [-0.2, -0.15) is 0 Å². The number of nitrogens with one attached hydrogen (secondary N) is 2. The molecule has 0 fully saturated rings. The molecule has 2 unspecified atom stereocenters. The maximum absolute atomic E-state index is 12.3. The Balaban J connectivity index is 2.56. The molecule has 0 saturated heterocycles. The second-order valence-electron chi connectivity index (χ2n) is 6.74. The number of rotatable bonds is 12. The third-order valence-corrected chi connectivity index (χ3v) is 4.93. The molecule has 0 aliphatic rings. The molecule has 0 spiro atoms. The molecule has 0 aliphatic heterocycles. The Bertz CT molecular complexity index is 654. The van der Waals surface area contributed by atoms with Crippen LogP contribution < -0.4 is 10.6 Å². The number of carbonyl (C=O) groups is 3. The number of esters is 1. The molecule has 28 heavy (non-hydrogen) atoms. The average Bonchev–Trinajstić information content (AvgIpc) is 2.65. The normalized spacial score (nSPS) is 12.7. The molecule has 0 saturated carbocycles. The van der Waals surface area contributed by atoms with Crippen LogP contribution in [0, 0.1) is 0 Å². The fraction of sp³-hybridized carbons (Fsp3) is 0.600. The highest BCUT2D eigenvalue weighted by Crippen LogP contribution is 2.20. The molecule has 0 bridgehead atoms. The van der Waals surface area contributed by atoms with Gasteiger partial charge in [0, 0.05) is 18.3 Å². The third kappa shape index (κ3) is 9.21. The van der Waals surface area contributed by atoms with Crippen LogP contribution in [0.25, 0.3) is 0 Å². The van der Waals surface area contributed by atoms with Crippen LogP contribution in [0.3, 0.4) is 0 Å². The van der Waals surface area contributed by atoms with Crippen LogP contribution in [0.15, 0.2) is 23.4 Å². The van der Waals surface area contributed by atoms with Crippen LogP contribution >= 0.6 is 11.8 Å². The van der Waals surface area contributed by atoms with E-state index in [1.165, 1.54) is 11.8 Å². The second kappa shape index (κ2) is 13.1. The highest BCUT2D eigenvalue weighted by Gasteiger charge is 2.17. The lowest BCUT2D eigenvalue weighted by atomic mass is 10.2. The van der Waals surface area contributed by atoms with E-state index < -0.39 is 5.97 Å². The molecule has 1 heterocycles. The first kappa shape index (κ1) is 23.9. The first-order chi connectivity index (χ1) is 13.4. The van der Waals surface area contributed by atoms with Crippen molar-refractivity contribution in [3.05, 3.63) is 23.9 Å². The summed E-state index contributed by atoms with van der Waals surface area (Å²) in [4.78, 5) is 40.4. The van der Waals surface area contributed by atoms with Crippen molar-refractivity contribution < 1.29 is 19.1 Å². The van der Waals surface area contributed by atoms with Gasteiger partial charge in [0.15, 0.2) is 6.61 Å². The summed E-state index contributed by atoms with van der Waals surface area (Å²) < 4.78 is 5.11. The van der Waals surface area contributed by atoms with Crippen LogP contribution in [0.1, 0.15) is 63.7 Å². The third-order valence-electron chi connectivity index (χ3n) is 3.92. The largest absolute Gasteiger partial charge is 0.452 e. The Morgan fingerprint density at radius 3 is 2.29 bits per heavy atom. The van der Waals surface area contributed by atoms with Crippen molar-refractivity contribution in [3.8, 4) is 0 Å². The van der Waals surface area contributed by atoms with Gasteiger partial charge >= 0.3 is 5.97 Å². The predicted molar refractivity (Wildman–Crippen MR) is 110 cm³/mol. The van der Waals surface area contributed by atoms with Crippen molar-refractivity contribution in [2.45, 2.75) is 70.5 Å². The van der Waals surface area contributed by atoms with Crippen LogP contribution in [0.2, 0.25) is 0 Å². The minimum Gasteiger partial charge on any atom is -0.452 e. The molecule has 156 valence electrons. The molecule has 7 nitrogen and oxygen atoms in total. The number of nitrogens with zero attached hydrogens (tertiary/aromatic N) is 1. The molecule has 0 radical (unpaired) electrons. The van der Waals surface area contributed by atoms with Crippen molar-refractivity contribution in [2.75, 3.05) is 12.4 Å². The summed E-state index contributed by atoms with van der Waals surface area (Å²) in [6.07, 6.45) is 5.28. The van der Waals surface area contributed by atoms with Crippen molar-refractivity contribution in [2.24, 2.45) is 0 Å². The maximum Gasteiger partial charge on any atom is 0.341 e. The zero-order valence-corrected chi connectivity index (χ0v) is 17.9. The highest BCUT2D eigenvalue weighted by atomic mass is 32.2. The summed E-state index contributed by atoms with van der Waals surface area (Å²) in [6, 6.07) is 3.34. The molecular formula is C20H31N3O4S. The summed E-state index contributed by atoms with van der Waals surface area (Å²) >= 11 is 1.17. The van der Waals surface area contributed by atoms with Crippen LogP contribution in [0.5, 0.6) is 0 Å². The fourth-order valence-corrected chi connectivity index (χ4v) is 3.44. The molecule has 0 aromatic carbocycles. The predicted octanol–water partition coefficient (Wildman–Crippen LogP) is 2.94. The van der Waals surface area contributed by atoms with E-state index in [0.717, 1.165) is 25.7 Å². The van der Waals surface area contributed by atoms with Gasteiger partial charge in [0.25, 0.3) is 5.91 Å². The molecule has 8 heteroatoms. The van der Waals surface area contributed by atoms with E-state index in [1.807, 2.05) is 20.8 Å². The lowest BCUT2D eigenvalue weighted by Crippen LogP contribution is -2.35. The molecule has 2 amide bonds. The summed E-state index contributed by atoms with van der Waals surface area (Å²) in [5.41, 5.74) is 0.247. The molecule has 0 aliphatic carbocycles. The number of aromatic nitrogens is 1. The van der Waals surface area contributed by atoms with Gasteiger partial charge in [-0.25, -0.2) is 9.78 Å². The van der Waals surface area contributed by atoms with Gasteiger partial charge in [0.2, 0.25) is 5.91 Å². The monoisotopic (exact) mass is 409 g/mol. The Morgan fingerprint density at radius 2 is 1.68 bits per heavy atom. The van der Waals surface area contributed by atoms with Gasteiger partial charge in [0.05, 0.1) is 11.3 Å². The van der Waals surface area contributed by atoms with E-state index in [1.54, 1.807) is 18.3 Å². The van der Waals surface area contributed by atoms with Crippen molar-refractivity contribution in [1.29, 1.82) is 0 Å². The maximum atomic E-state index is 12.3. The zero-order valence-electron chi connectivity index (χ0n) is 17.1. The number of pyridine rings is 1. The quantitative estimate of drug-likeness (QED) is 0.407. The van der Waals surface area contributed by atoms with Gasteiger partial charge in [-0.1, -0.05) is 38.5 Å². The first-order valence-corrected chi connectivity index (χ1v) is 10.7. The van der Waals surface area contributed by atoms with E-state index in [2.05, 4.69) is 22.5 Å². The number of ether oxygens (including phenoxy) is 1. The van der Waals surface area contributed by atoms with Gasteiger partial charge in [-0.15, -0.1) is 0 Å². The SMILES string of the molecule is CCCC(C)NC(=O)COC(=O)c1cccnc1SCC(=O)NC(C)CCC. The summed E-state index contributed by atoms with van der Waals surface area (Å²) in [6.45, 7) is 7.62. The number of amides is 2. The number of thioether (sulfide) groups is 1. The van der Waals surface area contributed by atoms with E-state index >= 15 is 0 Å². The van der Waals surface area contributed by atoms with E-state index in [-0.39, 0.29) is 41.8 Å². The number of hydrogen-bond donors (Lipinski definition) is 2. The molecule has 1 aromatic heterocycles. The van der Waals surface area contributed by atoms with Crippen molar-refractivity contribution in [3.63, 3.8) is 0 Å². The highest BCUT2D eigenvalue weighted by molar-refractivity contribution is 8.00. The smallest absolute Gasteiger partial charge is 0.341 e. The Kier molecular flexibility index (Phi) is 11.2. The van der Waals surface area contributed by atoms with E-state index in [4.69, 9.17) is 4.74 Å². The molecular weight excluding hydrogens is 378 g/mol. The zero-order chi connectivity index (χ0) is 20.9. The first-order valence-electron chi connectivity index (χ1n) is 9.70. The number of carbonyl (C=O) groups excluding carboxylic acids is 3. The summed E-state index contributed by atoms with van der Waals surface area (Å²) in [5.74, 6) is -0.925. The van der Waals surface area contributed by atoms with Crippen LogP contribution in [-0.2, 0) is 14.3 Å². The lowest BCUT2D eigenvalue weighted by Gasteiger charge is -2.14. The van der Waals surface area contributed by atoms with Gasteiger partial charge in [-0.05, 0) is 38.8 Å². The lowest BCUT2D eigenvalue weighted by molar-refractivity contribution is -0.125. The standard InChI is InChI=1S/C20H31N3O4S/c1-5-8-14(3)22-17(24)12-27-20(26)16-10-7-11-21-19(16)28-13-18(25)23-15(4)9-6-2/h7,10-11,14-15H,5-6,8-9,12-13H2,1-4H3,(H,22,24)(H,23,25). The van der Waals surface area contributed by atoms with Gasteiger partial charge < -0.3 is 15.4 Å². The van der Waals surface area contributed by atoms with Crippen LogP contribution in [-0.4, -0.2) is 47.2 Å². The molecule has 1 rings (SSSR count). The topological polar surface area (TPSA) is 97.4 Å². The van der Waals surface area contributed by atoms with Crippen LogP contribution in [0.4, 0.5) is 0 Å². The second-order valence-corrected chi connectivity index (χ2v) is 7.70. The van der Waals surface area contributed by atoms with E-state index in [9.17, 15) is 14.4 Å².